The van der Waals surface area contributed by atoms with Crippen LogP contribution in [0.25, 0.3) is 0 Å². The van der Waals surface area contributed by atoms with Crippen LogP contribution in [0.5, 0.6) is 0 Å². The molecule has 1 aliphatic rings. The molecular formula is C24H32FN5O3. The lowest BCUT2D eigenvalue weighted by Gasteiger charge is -2.34. The zero-order chi connectivity index (χ0) is 24.2. The number of benzene rings is 1. The minimum atomic E-state index is -0.787. The van der Waals surface area contributed by atoms with Crippen molar-refractivity contribution < 1.29 is 18.7 Å². The molecule has 5 N–H and O–H groups in total. The van der Waals surface area contributed by atoms with Crippen molar-refractivity contribution in [2.24, 2.45) is 5.73 Å². The van der Waals surface area contributed by atoms with Gasteiger partial charge in [-0.05, 0) is 58.7 Å². The van der Waals surface area contributed by atoms with Crippen molar-refractivity contribution in [1.29, 1.82) is 0 Å². The lowest BCUT2D eigenvalue weighted by Crippen LogP contribution is -2.50. The van der Waals surface area contributed by atoms with Crippen LogP contribution in [0.4, 0.5) is 26.5 Å². The van der Waals surface area contributed by atoms with Gasteiger partial charge in [0.2, 0.25) is 0 Å². The van der Waals surface area contributed by atoms with E-state index in [0.717, 1.165) is 37.3 Å². The Labute approximate surface area is 193 Å². The first kappa shape index (κ1) is 24.3. The van der Waals surface area contributed by atoms with Gasteiger partial charge in [-0.1, -0.05) is 30.5 Å². The van der Waals surface area contributed by atoms with Crippen molar-refractivity contribution in [3.05, 3.63) is 47.3 Å². The maximum atomic E-state index is 14.9. The van der Waals surface area contributed by atoms with Crippen LogP contribution in [0.3, 0.4) is 0 Å². The Morgan fingerprint density at radius 1 is 1.09 bits per heavy atom. The summed E-state index contributed by atoms with van der Waals surface area (Å²) in [5.41, 5.74) is 6.56. The van der Waals surface area contributed by atoms with Crippen molar-refractivity contribution in [2.45, 2.75) is 71.1 Å². The lowest BCUT2D eigenvalue weighted by molar-refractivity contribution is 0.0488. The number of rotatable bonds is 6. The Morgan fingerprint density at radius 3 is 2.33 bits per heavy atom. The Morgan fingerprint density at radius 2 is 1.73 bits per heavy atom. The van der Waals surface area contributed by atoms with Gasteiger partial charge in [0, 0.05) is 11.7 Å². The molecule has 1 heterocycles. The predicted molar refractivity (Wildman–Crippen MR) is 126 cm³/mol. The van der Waals surface area contributed by atoms with Gasteiger partial charge in [0.1, 0.15) is 11.4 Å². The number of nitrogens with one attached hydrogen (secondary N) is 3. The number of hydrogen-bond acceptors (Lipinski definition) is 6. The van der Waals surface area contributed by atoms with E-state index in [4.69, 9.17) is 10.5 Å². The maximum absolute atomic E-state index is 14.9. The van der Waals surface area contributed by atoms with Gasteiger partial charge in [-0.2, -0.15) is 0 Å². The first-order valence-corrected chi connectivity index (χ1v) is 11.1. The zero-order valence-electron chi connectivity index (χ0n) is 19.5. The second kappa shape index (κ2) is 10.1. The molecule has 8 nitrogen and oxygen atoms in total. The molecule has 33 heavy (non-hydrogen) atoms. The monoisotopic (exact) mass is 457 g/mol. The summed E-state index contributed by atoms with van der Waals surface area (Å²) in [6, 6.07) is 8.06. The van der Waals surface area contributed by atoms with Crippen LogP contribution in [-0.4, -0.2) is 34.7 Å². The second-order valence-electron chi connectivity index (χ2n) is 9.36. The highest BCUT2D eigenvalue weighted by atomic mass is 19.1. The van der Waals surface area contributed by atoms with Gasteiger partial charge in [0.25, 0.3) is 5.91 Å². The Bertz CT molecular complexity index is 1000. The normalized spacial score (nSPS) is 18.3. The lowest BCUT2D eigenvalue weighted by atomic mass is 9.90. The standard InChI is InChI=1S/C24H32FN5O3/c1-14-9-11-15(12-10-14)27-21-16(20(26)31)13-17(25)22(30-21)28-18-7-5-6-8-19(18)29-23(32)33-24(2,3)4/h9-13,18-19H,5-8H2,1-4H3,(H2,26,31)(H,29,32)(H2,27,28,30)/t18-,19+/m1/s1. The summed E-state index contributed by atoms with van der Waals surface area (Å²) < 4.78 is 20.2. The molecule has 2 atom stereocenters. The van der Waals surface area contributed by atoms with E-state index >= 15 is 0 Å². The number of pyridine rings is 1. The third kappa shape index (κ3) is 6.81. The number of primary amides is 1. The van der Waals surface area contributed by atoms with Crippen LogP contribution < -0.4 is 21.7 Å². The zero-order valence-corrected chi connectivity index (χ0v) is 19.5. The molecule has 0 saturated heterocycles. The minimum Gasteiger partial charge on any atom is -0.444 e. The van der Waals surface area contributed by atoms with Gasteiger partial charge >= 0.3 is 6.09 Å². The quantitative estimate of drug-likeness (QED) is 0.503. The fourth-order valence-electron chi connectivity index (χ4n) is 3.76. The van der Waals surface area contributed by atoms with Gasteiger partial charge in [-0.15, -0.1) is 0 Å². The summed E-state index contributed by atoms with van der Waals surface area (Å²) in [4.78, 5) is 28.5. The highest BCUT2D eigenvalue weighted by molar-refractivity contribution is 5.98. The number of nitrogens with two attached hydrogens (primary N) is 1. The third-order valence-corrected chi connectivity index (χ3v) is 5.35. The Kier molecular flexibility index (Phi) is 7.40. The number of carbonyl (C=O) groups is 2. The smallest absolute Gasteiger partial charge is 0.407 e. The first-order valence-electron chi connectivity index (χ1n) is 11.1. The average molecular weight is 458 g/mol. The van der Waals surface area contributed by atoms with Crippen LogP contribution in [0.15, 0.2) is 30.3 Å². The highest BCUT2D eigenvalue weighted by Gasteiger charge is 2.30. The predicted octanol–water partition coefficient (Wildman–Crippen LogP) is 4.62. The summed E-state index contributed by atoms with van der Waals surface area (Å²) in [7, 11) is 0. The summed E-state index contributed by atoms with van der Waals surface area (Å²) in [6.07, 6.45) is 2.81. The SMILES string of the molecule is Cc1ccc(Nc2nc(N[C@@H]3CCCC[C@@H]3NC(=O)OC(C)(C)C)c(F)cc2C(N)=O)cc1. The first-order chi connectivity index (χ1) is 15.5. The summed E-state index contributed by atoms with van der Waals surface area (Å²) in [6.45, 7) is 7.35. The van der Waals surface area contributed by atoms with Crippen molar-refractivity contribution in [1.82, 2.24) is 10.3 Å². The molecule has 1 aliphatic carbocycles. The Balaban J connectivity index is 1.82. The minimum absolute atomic E-state index is 0.0162. The van der Waals surface area contributed by atoms with E-state index < -0.39 is 23.4 Å². The van der Waals surface area contributed by atoms with E-state index in [1.165, 1.54) is 0 Å². The van der Waals surface area contributed by atoms with Gasteiger partial charge < -0.3 is 26.4 Å². The third-order valence-electron chi connectivity index (χ3n) is 5.35. The molecular weight excluding hydrogens is 425 g/mol. The average Bonchev–Trinajstić information content (AvgIpc) is 2.71. The molecule has 1 fully saturated rings. The molecule has 1 saturated carbocycles. The molecule has 2 aromatic rings. The van der Waals surface area contributed by atoms with Crippen molar-refractivity contribution in [2.75, 3.05) is 10.6 Å². The number of aryl methyl sites for hydroxylation is 1. The van der Waals surface area contributed by atoms with Crippen LogP contribution in [-0.2, 0) is 4.74 Å². The van der Waals surface area contributed by atoms with Gasteiger partial charge in [-0.3, -0.25) is 4.79 Å². The molecule has 0 spiro atoms. The maximum Gasteiger partial charge on any atom is 0.407 e. The number of hydrogen-bond donors (Lipinski definition) is 4. The molecule has 178 valence electrons. The Hall–Kier alpha value is -3.36. The van der Waals surface area contributed by atoms with Crippen LogP contribution in [0.1, 0.15) is 62.4 Å². The fraction of sp³-hybridized carbons (Fsp3) is 0.458. The summed E-state index contributed by atoms with van der Waals surface area (Å²) in [5, 5.41) is 9.06. The number of amides is 2. The molecule has 0 unspecified atom stereocenters. The van der Waals surface area contributed by atoms with Gasteiger partial charge in [0.05, 0.1) is 11.6 Å². The molecule has 9 heteroatoms. The number of halogens is 1. The van der Waals surface area contributed by atoms with Crippen molar-refractivity contribution >= 4 is 29.3 Å². The number of nitrogens with zero attached hydrogens (tertiary/aromatic N) is 1. The van der Waals surface area contributed by atoms with E-state index in [-0.39, 0.29) is 29.3 Å². The van der Waals surface area contributed by atoms with Gasteiger partial charge in [0.15, 0.2) is 11.6 Å². The van der Waals surface area contributed by atoms with Crippen molar-refractivity contribution in [3.8, 4) is 0 Å². The molecule has 0 bridgehead atoms. The summed E-state index contributed by atoms with van der Waals surface area (Å²) in [5.74, 6) is -1.34. The molecule has 0 aliphatic heterocycles. The van der Waals surface area contributed by atoms with Gasteiger partial charge in [-0.25, -0.2) is 14.2 Å². The second-order valence-corrected chi connectivity index (χ2v) is 9.36. The van der Waals surface area contributed by atoms with E-state index in [0.29, 0.717) is 5.69 Å². The van der Waals surface area contributed by atoms with E-state index in [1.807, 2.05) is 31.2 Å². The number of anilines is 3. The molecule has 2 amide bonds. The van der Waals surface area contributed by atoms with Crippen LogP contribution >= 0.6 is 0 Å². The van der Waals surface area contributed by atoms with Crippen LogP contribution in [0, 0.1) is 12.7 Å². The molecule has 1 aromatic heterocycles. The fourth-order valence-corrected chi connectivity index (χ4v) is 3.76. The number of aromatic nitrogens is 1. The van der Waals surface area contributed by atoms with E-state index in [1.54, 1.807) is 20.8 Å². The van der Waals surface area contributed by atoms with E-state index in [2.05, 4.69) is 20.9 Å². The molecule has 3 rings (SSSR count). The topological polar surface area (TPSA) is 118 Å². The number of alkyl carbamates (subject to hydrolysis) is 1. The number of ether oxygens (including phenoxy) is 1. The largest absolute Gasteiger partial charge is 0.444 e. The molecule has 0 radical (unpaired) electrons. The van der Waals surface area contributed by atoms with Crippen molar-refractivity contribution in [3.63, 3.8) is 0 Å². The van der Waals surface area contributed by atoms with E-state index in [9.17, 15) is 14.0 Å². The number of carbonyl (C=O) groups excluding carboxylic acids is 2. The summed E-state index contributed by atoms with van der Waals surface area (Å²) >= 11 is 0. The van der Waals surface area contributed by atoms with Crippen LogP contribution in [0.2, 0.25) is 0 Å². The highest BCUT2D eigenvalue weighted by Crippen LogP contribution is 2.27. The molecule has 1 aromatic carbocycles.